The molecule has 0 aliphatic heterocycles. The number of hydrogen-bond acceptors (Lipinski definition) is 3. The predicted molar refractivity (Wildman–Crippen MR) is 99.6 cm³/mol. The molecule has 0 bridgehead atoms. The van der Waals surface area contributed by atoms with Crippen molar-refractivity contribution in [3.05, 3.63) is 65.2 Å². The lowest BCUT2D eigenvalue weighted by atomic mass is 9.88. The van der Waals surface area contributed by atoms with Crippen LogP contribution in [-0.2, 0) is 17.8 Å². The van der Waals surface area contributed by atoms with Crippen molar-refractivity contribution in [1.29, 1.82) is 0 Å². The largest absolute Gasteiger partial charge is 0.497 e. The van der Waals surface area contributed by atoms with Gasteiger partial charge in [-0.25, -0.2) is 0 Å². The van der Waals surface area contributed by atoms with E-state index in [9.17, 15) is 4.79 Å². The molecule has 1 amide bonds. The molecule has 0 fully saturated rings. The zero-order valence-electron chi connectivity index (χ0n) is 15.0. The van der Waals surface area contributed by atoms with E-state index < -0.39 is 0 Å². The second kappa shape index (κ2) is 8.17. The number of fused-ring (bicyclic) bond motifs is 1. The van der Waals surface area contributed by atoms with Crippen molar-refractivity contribution >= 4 is 5.91 Å². The molecule has 0 saturated heterocycles. The van der Waals surface area contributed by atoms with Gasteiger partial charge in [0.2, 0.25) is 5.91 Å². The summed E-state index contributed by atoms with van der Waals surface area (Å²) in [6.45, 7) is 1.10. The maximum Gasteiger partial charge on any atom is 0.234 e. The summed E-state index contributed by atoms with van der Waals surface area (Å²) in [6.07, 6.45) is 3.25. The van der Waals surface area contributed by atoms with Gasteiger partial charge in [0, 0.05) is 6.54 Å². The Kier molecular flexibility index (Phi) is 5.71. The molecular formula is C21H26N2O2. The Labute approximate surface area is 149 Å². The smallest absolute Gasteiger partial charge is 0.234 e. The summed E-state index contributed by atoms with van der Waals surface area (Å²) in [5.74, 6) is 0.918. The molecule has 0 spiro atoms. The molecule has 0 saturated carbocycles. The predicted octanol–water partition coefficient (Wildman–Crippen LogP) is 3.32. The van der Waals surface area contributed by atoms with Crippen LogP contribution in [-0.4, -0.2) is 31.5 Å². The number of nitrogens with zero attached hydrogens (tertiary/aromatic N) is 1. The van der Waals surface area contributed by atoms with Crippen LogP contribution in [0.1, 0.15) is 35.6 Å². The molecule has 1 N–H and O–H groups in total. The summed E-state index contributed by atoms with van der Waals surface area (Å²) in [5, 5.41) is 3.21. The minimum atomic E-state index is 0.0760. The fourth-order valence-electron chi connectivity index (χ4n) is 3.53. The zero-order chi connectivity index (χ0) is 17.6. The molecule has 2 aromatic carbocycles. The summed E-state index contributed by atoms with van der Waals surface area (Å²) in [7, 11) is 3.63. The van der Waals surface area contributed by atoms with Crippen LogP contribution in [0.3, 0.4) is 0 Å². The lowest BCUT2D eigenvalue weighted by Gasteiger charge is -2.27. The number of rotatable bonds is 6. The maximum atomic E-state index is 12.5. The normalized spacial score (nSPS) is 16.4. The van der Waals surface area contributed by atoms with E-state index >= 15 is 0 Å². The van der Waals surface area contributed by atoms with Gasteiger partial charge < -0.3 is 10.1 Å². The number of methoxy groups -OCH3 is 1. The van der Waals surface area contributed by atoms with Crippen LogP contribution >= 0.6 is 0 Å². The number of benzene rings is 2. The van der Waals surface area contributed by atoms with Gasteiger partial charge in [0.05, 0.1) is 19.7 Å². The molecule has 2 aromatic rings. The van der Waals surface area contributed by atoms with Crippen molar-refractivity contribution in [2.75, 3.05) is 20.7 Å². The average Bonchev–Trinajstić information content (AvgIpc) is 2.62. The molecule has 1 atom stereocenters. The first-order chi connectivity index (χ1) is 12.2. The molecule has 0 heterocycles. The highest BCUT2D eigenvalue weighted by Crippen LogP contribution is 2.29. The quantitative estimate of drug-likeness (QED) is 0.878. The summed E-state index contributed by atoms with van der Waals surface area (Å²) in [6, 6.07) is 16.5. The number of likely N-dealkylation sites (N-methyl/N-ethyl adjacent to an activating group) is 1. The van der Waals surface area contributed by atoms with Gasteiger partial charge in [-0.15, -0.1) is 0 Å². The van der Waals surface area contributed by atoms with E-state index in [-0.39, 0.29) is 11.9 Å². The third-order valence-corrected chi connectivity index (χ3v) is 4.70. The van der Waals surface area contributed by atoms with Crippen LogP contribution in [0.4, 0.5) is 0 Å². The van der Waals surface area contributed by atoms with Gasteiger partial charge in [-0.1, -0.05) is 36.4 Å². The molecule has 25 heavy (non-hydrogen) atoms. The van der Waals surface area contributed by atoms with Crippen molar-refractivity contribution in [2.45, 2.75) is 31.8 Å². The lowest BCUT2D eigenvalue weighted by molar-refractivity contribution is -0.122. The average molecular weight is 338 g/mol. The van der Waals surface area contributed by atoms with E-state index in [0.29, 0.717) is 13.1 Å². The first-order valence-corrected chi connectivity index (χ1v) is 8.84. The van der Waals surface area contributed by atoms with Gasteiger partial charge in [-0.05, 0) is 55.1 Å². The zero-order valence-corrected chi connectivity index (χ0v) is 15.0. The number of aryl methyl sites for hydroxylation is 1. The molecule has 0 unspecified atom stereocenters. The molecule has 4 heteroatoms. The van der Waals surface area contributed by atoms with Crippen LogP contribution in [0.2, 0.25) is 0 Å². The van der Waals surface area contributed by atoms with Crippen molar-refractivity contribution in [2.24, 2.45) is 0 Å². The SMILES string of the molecule is COc1cccc(CN(C)CC(=O)N[C@H]2CCCc3ccccc32)c1. The Balaban J connectivity index is 1.56. The fraction of sp³-hybridized carbons (Fsp3) is 0.381. The van der Waals surface area contributed by atoms with E-state index in [0.717, 1.165) is 30.6 Å². The minimum absolute atomic E-state index is 0.0760. The molecule has 0 radical (unpaired) electrons. The van der Waals surface area contributed by atoms with Gasteiger partial charge in [-0.3, -0.25) is 9.69 Å². The highest BCUT2D eigenvalue weighted by molar-refractivity contribution is 5.78. The monoisotopic (exact) mass is 338 g/mol. The van der Waals surface area contributed by atoms with E-state index in [4.69, 9.17) is 4.74 Å². The molecule has 132 valence electrons. The number of ether oxygens (including phenoxy) is 1. The van der Waals surface area contributed by atoms with E-state index in [1.54, 1.807) is 7.11 Å². The summed E-state index contributed by atoms with van der Waals surface area (Å²) >= 11 is 0. The Hall–Kier alpha value is -2.33. The molecule has 4 nitrogen and oxygen atoms in total. The number of hydrogen-bond donors (Lipinski definition) is 1. The van der Waals surface area contributed by atoms with Crippen LogP contribution in [0.5, 0.6) is 5.75 Å². The van der Waals surface area contributed by atoms with Crippen LogP contribution in [0.15, 0.2) is 48.5 Å². The second-order valence-corrected chi connectivity index (χ2v) is 6.73. The van der Waals surface area contributed by atoms with Gasteiger partial charge >= 0.3 is 0 Å². The van der Waals surface area contributed by atoms with E-state index in [2.05, 4.69) is 29.6 Å². The highest BCUT2D eigenvalue weighted by atomic mass is 16.5. The van der Waals surface area contributed by atoms with Crippen LogP contribution < -0.4 is 10.1 Å². The highest BCUT2D eigenvalue weighted by Gasteiger charge is 2.21. The van der Waals surface area contributed by atoms with E-state index in [1.165, 1.54) is 11.1 Å². The van der Waals surface area contributed by atoms with E-state index in [1.807, 2.05) is 36.2 Å². The Morgan fingerprint density at radius 2 is 2.08 bits per heavy atom. The summed E-state index contributed by atoms with van der Waals surface area (Å²) in [4.78, 5) is 14.5. The molecule has 3 rings (SSSR count). The Morgan fingerprint density at radius 3 is 2.92 bits per heavy atom. The Bertz CT molecular complexity index is 729. The summed E-state index contributed by atoms with van der Waals surface area (Å²) < 4.78 is 5.25. The van der Waals surface area contributed by atoms with Crippen LogP contribution in [0, 0.1) is 0 Å². The van der Waals surface area contributed by atoms with Crippen molar-refractivity contribution in [3.63, 3.8) is 0 Å². The van der Waals surface area contributed by atoms with Gasteiger partial charge in [-0.2, -0.15) is 0 Å². The second-order valence-electron chi connectivity index (χ2n) is 6.73. The van der Waals surface area contributed by atoms with Gasteiger partial charge in [0.1, 0.15) is 5.75 Å². The molecule has 0 aromatic heterocycles. The van der Waals surface area contributed by atoms with Crippen LogP contribution in [0.25, 0.3) is 0 Å². The number of nitrogens with one attached hydrogen (secondary N) is 1. The number of carbonyl (C=O) groups is 1. The maximum absolute atomic E-state index is 12.5. The van der Waals surface area contributed by atoms with Crippen molar-refractivity contribution in [3.8, 4) is 5.75 Å². The molecular weight excluding hydrogens is 312 g/mol. The third-order valence-electron chi connectivity index (χ3n) is 4.70. The Morgan fingerprint density at radius 1 is 1.24 bits per heavy atom. The van der Waals surface area contributed by atoms with Crippen molar-refractivity contribution < 1.29 is 9.53 Å². The molecule has 1 aliphatic rings. The van der Waals surface area contributed by atoms with Gasteiger partial charge in [0.25, 0.3) is 0 Å². The van der Waals surface area contributed by atoms with Gasteiger partial charge in [0.15, 0.2) is 0 Å². The molecule has 1 aliphatic carbocycles. The van der Waals surface area contributed by atoms with Crippen molar-refractivity contribution in [1.82, 2.24) is 10.2 Å². The number of carbonyl (C=O) groups excluding carboxylic acids is 1. The minimum Gasteiger partial charge on any atom is -0.497 e. The summed E-state index contributed by atoms with van der Waals surface area (Å²) in [5.41, 5.74) is 3.78. The first kappa shape index (κ1) is 17.5. The lowest BCUT2D eigenvalue weighted by Crippen LogP contribution is -2.38. The standard InChI is InChI=1S/C21H26N2O2/c1-23(14-16-7-5-10-18(13-16)25-2)15-21(24)22-20-12-6-9-17-8-3-4-11-19(17)20/h3-5,7-8,10-11,13,20H,6,9,12,14-15H2,1-2H3,(H,22,24)/t20-/m0/s1. The topological polar surface area (TPSA) is 41.6 Å². The third kappa shape index (κ3) is 4.60. The fourth-order valence-corrected chi connectivity index (χ4v) is 3.53. The number of amides is 1. The first-order valence-electron chi connectivity index (χ1n) is 8.84.